The van der Waals surface area contributed by atoms with Gasteiger partial charge in [-0.25, -0.2) is 0 Å². The van der Waals surface area contributed by atoms with Crippen molar-refractivity contribution in [3.05, 3.63) is 0 Å². The summed E-state index contributed by atoms with van der Waals surface area (Å²) in [7, 11) is 0. The molecule has 0 aromatic carbocycles. The van der Waals surface area contributed by atoms with E-state index in [2.05, 4.69) is 5.32 Å². The van der Waals surface area contributed by atoms with Gasteiger partial charge in [-0.15, -0.1) is 0 Å². The van der Waals surface area contributed by atoms with Crippen molar-refractivity contribution >= 4 is 5.91 Å². The summed E-state index contributed by atoms with van der Waals surface area (Å²) in [6, 6.07) is 0. The van der Waals surface area contributed by atoms with Gasteiger partial charge in [0.2, 0.25) is 5.91 Å². The topological polar surface area (TPSA) is 75.4 Å². The minimum atomic E-state index is -0.296. The van der Waals surface area contributed by atoms with Crippen molar-refractivity contribution < 1.29 is 9.90 Å². The number of aliphatic hydroxyl groups excluding tert-OH is 1. The minimum Gasteiger partial charge on any atom is -0.394 e. The molecule has 1 fully saturated rings. The van der Waals surface area contributed by atoms with Crippen LogP contribution >= 0.6 is 0 Å². The Morgan fingerprint density at radius 1 is 1.58 bits per heavy atom. The monoisotopic (exact) mass is 172 g/mol. The molecule has 0 atom stereocenters. The van der Waals surface area contributed by atoms with Crippen LogP contribution in [0.15, 0.2) is 0 Å². The van der Waals surface area contributed by atoms with E-state index < -0.39 is 0 Å². The molecule has 1 amide bonds. The van der Waals surface area contributed by atoms with E-state index in [0.29, 0.717) is 13.0 Å². The number of nitrogens with one attached hydrogen (secondary N) is 1. The van der Waals surface area contributed by atoms with Crippen molar-refractivity contribution in [3.63, 3.8) is 0 Å². The van der Waals surface area contributed by atoms with E-state index in [-0.39, 0.29) is 18.1 Å². The van der Waals surface area contributed by atoms with Gasteiger partial charge in [-0.05, 0) is 19.3 Å². The fourth-order valence-electron chi connectivity index (χ4n) is 1.45. The number of amides is 1. The number of aliphatic hydroxyl groups is 1. The molecule has 4 heteroatoms. The third-order valence-corrected chi connectivity index (χ3v) is 2.48. The maximum atomic E-state index is 10.4. The minimum absolute atomic E-state index is 0.102. The van der Waals surface area contributed by atoms with Crippen molar-refractivity contribution in [2.75, 3.05) is 13.2 Å². The van der Waals surface area contributed by atoms with Crippen molar-refractivity contribution in [1.29, 1.82) is 0 Å². The second-order valence-corrected chi connectivity index (χ2v) is 3.44. The van der Waals surface area contributed by atoms with E-state index >= 15 is 0 Å². The van der Waals surface area contributed by atoms with Crippen molar-refractivity contribution in [3.8, 4) is 0 Å². The first-order valence-corrected chi connectivity index (χ1v) is 4.33. The van der Waals surface area contributed by atoms with Gasteiger partial charge in [-0.1, -0.05) is 0 Å². The Bertz CT molecular complexity index is 161. The second-order valence-electron chi connectivity index (χ2n) is 3.44. The van der Waals surface area contributed by atoms with Crippen molar-refractivity contribution in [2.45, 2.75) is 31.2 Å². The predicted molar refractivity (Wildman–Crippen MR) is 45.5 cm³/mol. The van der Waals surface area contributed by atoms with Crippen molar-refractivity contribution in [1.82, 2.24) is 5.32 Å². The van der Waals surface area contributed by atoms with Gasteiger partial charge in [0.25, 0.3) is 0 Å². The van der Waals surface area contributed by atoms with Crippen LogP contribution in [0.25, 0.3) is 0 Å². The zero-order valence-corrected chi connectivity index (χ0v) is 7.18. The van der Waals surface area contributed by atoms with Crippen LogP contribution in [-0.2, 0) is 4.79 Å². The second kappa shape index (κ2) is 3.87. The highest BCUT2D eigenvalue weighted by molar-refractivity contribution is 5.73. The van der Waals surface area contributed by atoms with Gasteiger partial charge in [0.1, 0.15) is 0 Å². The first-order valence-electron chi connectivity index (χ1n) is 4.33. The number of hydrogen-bond acceptors (Lipinski definition) is 3. The van der Waals surface area contributed by atoms with Gasteiger partial charge in [0, 0.05) is 18.5 Å². The molecule has 70 valence electrons. The molecule has 0 spiro atoms. The summed E-state index contributed by atoms with van der Waals surface area (Å²) in [4.78, 5) is 10.4. The molecule has 1 rings (SSSR count). The first-order chi connectivity index (χ1) is 5.68. The van der Waals surface area contributed by atoms with E-state index in [0.717, 1.165) is 19.3 Å². The third-order valence-electron chi connectivity index (χ3n) is 2.48. The normalized spacial score (nSPS) is 20.1. The van der Waals surface area contributed by atoms with Gasteiger partial charge in [0.15, 0.2) is 0 Å². The maximum absolute atomic E-state index is 10.4. The quantitative estimate of drug-likeness (QED) is 0.516. The lowest BCUT2D eigenvalue weighted by atomic mass is 9.77. The fraction of sp³-hybridized carbons (Fsp3) is 0.875. The fourth-order valence-corrected chi connectivity index (χ4v) is 1.45. The summed E-state index contributed by atoms with van der Waals surface area (Å²) in [5, 5.41) is 12.2. The summed E-state index contributed by atoms with van der Waals surface area (Å²) >= 11 is 0. The Labute approximate surface area is 72.1 Å². The maximum Gasteiger partial charge on any atom is 0.218 e. The highest BCUT2D eigenvalue weighted by Crippen LogP contribution is 2.30. The lowest BCUT2D eigenvalue weighted by molar-refractivity contribution is -0.118. The SMILES string of the molecule is NC(=O)CCNC1(CO)CCC1. The van der Waals surface area contributed by atoms with Gasteiger partial charge < -0.3 is 16.2 Å². The smallest absolute Gasteiger partial charge is 0.218 e. The Balaban J connectivity index is 2.16. The van der Waals surface area contributed by atoms with Crippen LogP contribution in [0.2, 0.25) is 0 Å². The molecule has 1 aliphatic rings. The Kier molecular flexibility index (Phi) is 3.05. The first kappa shape index (κ1) is 9.48. The number of nitrogens with two attached hydrogens (primary N) is 1. The van der Waals surface area contributed by atoms with E-state index in [1.165, 1.54) is 0 Å². The Morgan fingerprint density at radius 3 is 2.58 bits per heavy atom. The average Bonchev–Trinajstić information content (AvgIpc) is 1.94. The molecule has 0 aromatic rings. The highest BCUT2D eigenvalue weighted by atomic mass is 16.3. The summed E-state index contributed by atoms with van der Waals surface area (Å²) in [5.41, 5.74) is 4.88. The number of primary amides is 1. The van der Waals surface area contributed by atoms with E-state index in [1.807, 2.05) is 0 Å². The molecule has 12 heavy (non-hydrogen) atoms. The molecule has 0 heterocycles. The molecule has 0 radical (unpaired) electrons. The number of hydrogen-bond donors (Lipinski definition) is 3. The summed E-state index contributed by atoms with van der Waals surface area (Å²) in [6.45, 7) is 0.738. The van der Waals surface area contributed by atoms with Crippen LogP contribution in [0.4, 0.5) is 0 Å². The Morgan fingerprint density at radius 2 is 2.25 bits per heavy atom. The molecule has 0 saturated heterocycles. The molecule has 1 aliphatic carbocycles. The van der Waals surface area contributed by atoms with Crippen LogP contribution in [0.3, 0.4) is 0 Å². The predicted octanol–water partition coefficient (Wildman–Crippen LogP) is -0.634. The van der Waals surface area contributed by atoms with Crippen LogP contribution in [0.5, 0.6) is 0 Å². The van der Waals surface area contributed by atoms with Crippen LogP contribution in [0, 0.1) is 0 Å². The number of carbonyl (C=O) groups is 1. The van der Waals surface area contributed by atoms with Crippen LogP contribution < -0.4 is 11.1 Å². The van der Waals surface area contributed by atoms with Gasteiger partial charge in [-0.2, -0.15) is 0 Å². The number of carbonyl (C=O) groups excluding carboxylic acids is 1. The summed E-state index contributed by atoms with van der Waals surface area (Å²) in [6.07, 6.45) is 3.51. The molecular weight excluding hydrogens is 156 g/mol. The number of rotatable bonds is 5. The molecule has 4 N–H and O–H groups in total. The van der Waals surface area contributed by atoms with Gasteiger partial charge >= 0.3 is 0 Å². The lowest BCUT2D eigenvalue weighted by Gasteiger charge is -2.41. The molecule has 0 bridgehead atoms. The van der Waals surface area contributed by atoms with E-state index in [9.17, 15) is 4.79 Å². The van der Waals surface area contributed by atoms with Crippen LogP contribution in [0.1, 0.15) is 25.7 Å². The molecule has 0 aliphatic heterocycles. The molecule has 0 aromatic heterocycles. The highest BCUT2D eigenvalue weighted by Gasteiger charge is 2.35. The zero-order valence-electron chi connectivity index (χ0n) is 7.18. The zero-order chi connectivity index (χ0) is 9.03. The molecular formula is C8H16N2O2. The van der Waals surface area contributed by atoms with E-state index in [4.69, 9.17) is 10.8 Å². The largest absolute Gasteiger partial charge is 0.394 e. The summed E-state index contributed by atoms with van der Waals surface area (Å²) < 4.78 is 0. The Hall–Kier alpha value is -0.610. The average molecular weight is 172 g/mol. The third kappa shape index (κ3) is 2.19. The van der Waals surface area contributed by atoms with Crippen LogP contribution in [-0.4, -0.2) is 29.7 Å². The standard InChI is InChI=1S/C8H16N2O2/c9-7(12)2-5-10-8(6-11)3-1-4-8/h10-11H,1-6H2,(H2,9,12). The van der Waals surface area contributed by atoms with Gasteiger partial charge in [-0.3, -0.25) is 4.79 Å². The van der Waals surface area contributed by atoms with Gasteiger partial charge in [0.05, 0.1) is 6.61 Å². The van der Waals surface area contributed by atoms with E-state index in [1.54, 1.807) is 0 Å². The van der Waals surface area contributed by atoms with Crippen molar-refractivity contribution in [2.24, 2.45) is 5.73 Å². The summed E-state index contributed by atoms with van der Waals surface area (Å²) in [5.74, 6) is -0.296. The lowest BCUT2D eigenvalue weighted by Crippen LogP contribution is -2.54. The molecule has 1 saturated carbocycles. The molecule has 0 unspecified atom stereocenters. The molecule has 4 nitrogen and oxygen atoms in total.